The minimum absolute atomic E-state index is 0.0371. The Labute approximate surface area is 141 Å². The second kappa shape index (κ2) is 9.82. The molecule has 0 bridgehead atoms. The highest BCUT2D eigenvalue weighted by atomic mass is 35.5. The summed E-state index contributed by atoms with van der Waals surface area (Å²) in [4.78, 5) is 20.1. The summed E-state index contributed by atoms with van der Waals surface area (Å²) in [6, 6.07) is 1.11. The number of ether oxygens (including phenoxy) is 1. The molecule has 1 amide bonds. The van der Waals surface area contributed by atoms with Gasteiger partial charge in [-0.3, -0.25) is 4.79 Å². The number of nitrogens with zero attached hydrogens (tertiary/aromatic N) is 2. The molecular formula is C14H22Cl2N4O2. The third-order valence-corrected chi connectivity index (χ3v) is 3.13. The molecule has 1 aromatic heterocycles. The zero-order valence-corrected chi connectivity index (χ0v) is 14.5. The molecule has 1 heterocycles. The Bertz CT molecular complexity index is 466. The summed E-state index contributed by atoms with van der Waals surface area (Å²) in [5.74, 6) is 0.651. The van der Waals surface area contributed by atoms with Gasteiger partial charge in [0.1, 0.15) is 17.0 Å². The summed E-state index contributed by atoms with van der Waals surface area (Å²) in [5, 5.41) is 6.16. The molecule has 22 heavy (non-hydrogen) atoms. The first kappa shape index (κ1) is 18.9. The number of carbonyl (C=O) groups excluding carboxylic acids is 1. The molecule has 0 saturated heterocycles. The minimum Gasteiger partial charge on any atom is -0.380 e. The summed E-state index contributed by atoms with van der Waals surface area (Å²) in [5.41, 5.74) is 0. The largest absolute Gasteiger partial charge is 0.380 e. The van der Waals surface area contributed by atoms with Crippen molar-refractivity contribution in [3.05, 3.63) is 16.5 Å². The Morgan fingerprint density at radius 2 is 2.09 bits per heavy atom. The fourth-order valence-electron chi connectivity index (χ4n) is 1.86. The standard InChI is InChI=1S/C14H22Cl2N4O2/c1-4-22-6-5-17-13(21)10(7-9(2)3)18-12-8-11(15)19-14(16)20-12/h8-10H,4-7H2,1-3H3,(H,17,21)(H,18,19,20). The number of rotatable bonds is 9. The molecule has 1 aromatic rings. The van der Waals surface area contributed by atoms with E-state index in [2.05, 4.69) is 20.6 Å². The van der Waals surface area contributed by atoms with Gasteiger partial charge in [-0.05, 0) is 30.9 Å². The molecule has 0 aliphatic carbocycles. The fraction of sp³-hybridized carbons (Fsp3) is 0.643. The SMILES string of the molecule is CCOCCNC(=O)C(CC(C)C)Nc1cc(Cl)nc(Cl)n1. The van der Waals surface area contributed by atoms with E-state index >= 15 is 0 Å². The van der Waals surface area contributed by atoms with Gasteiger partial charge in [-0.2, -0.15) is 0 Å². The lowest BCUT2D eigenvalue weighted by Gasteiger charge is -2.20. The van der Waals surface area contributed by atoms with E-state index in [4.69, 9.17) is 27.9 Å². The number of amides is 1. The number of aromatic nitrogens is 2. The zero-order chi connectivity index (χ0) is 16.5. The second-order valence-electron chi connectivity index (χ2n) is 5.16. The summed E-state index contributed by atoms with van der Waals surface area (Å²) < 4.78 is 5.20. The molecule has 124 valence electrons. The molecule has 1 atom stereocenters. The van der Waals surface area contributed by atoms with Crippen LogP contribution in [-0.4, -0.2) is 41.7 Å². The van der Waals surface area contributed by atoms with Crippen molar-refractivity contribution in [3.63, 3.8) is 0 Å². The Morgan fingerprint density at radius 3 is 2.68 bits per heavy atom. The highest BCUT2D eigenvalue weighted by Gasteiger charge is 2.20. The quantitative estimate of drug-likeness (QED) is 0.407. The van der Waals surface area contributed by atoms with Crippen molar-refractivity contribution in [1.82, 2.24) is 15.3 Å². The fourth-order valence-corrected chi connectivity index (χ4v) is 2.27. The van der Waals surface area contributed by atoms with Crippen molar-refractivity contribution in [2.45, 2.75) is 33.2 Å². The number of nitrogens with one attached hydrogen (secondary N) is 2. The molecular weight excluding hydrogens is 327 g/mol. The van der Waals surface area contributed by atoms with E-state index in [9.17, 15) is 4.79 Å². The molecule has 8 heteroatoms. The number of anilines is 1. The van der Waals surface area contributed by atoms with Crippen molar-refractivity contribution in [1.29, 1.82) is 0 Å². The average molecular weight is 349 g/mol. The van der Waals surface area contributed by atoms with Crippen LogP contribution in [0, 0.1) is 5.92 Å². The predicted octanol–water partition coefficient (Wildman–Crippen LogP) is 2.76. The lowest BCUT2D eigenvalue weighted by Crippen LogP contribution is -2.42. The normalized spacial score (nSPS) is 12.3. The smallest absolute Gasteiger partial charge is 0.242 e. The number of halogens is 2. The number of hydrogen-bond donors (Lipinski definition) is 2. The van der Waals surface area contributed by atoms with E-state index in [0.717, 1.165) is 0 Å². The minimum atomic E-state index is -0.427. The Morgan fingerprint density at radius 1 is 1.36 bits per heavy atom. The zero-order valence-electron chi connectivity index (χ0n) is 13.0. The molecule has 0 saturated carbocycles. The number of carbonyl (C=O) groups is 1. The van der Waals surface area contributed by atoms with Gasteiger partial charge in [-0.25, -0.2) is 9.97 Å². The van der Waals surface area contributed by atoms with Crippen molar-refractivity contribution < 1.29 is 9.53 Å². The van der Waals surface area contributed by atoms with Crippen LogP contribution < -0.4 is 10.6 Å². The molecule has 0 radical (unpaired) electrons. The van der Waals surface area contributed by atoms with E-state index in [1.807, 2.05) is 20.8 Å². The van der Waals surface area contributed by atoms with Crippen LogP contribution in [0.4, 0.5) is 5.82 Å². The van der Waals surface area contributed by atoms with Crippen LogP contribution in [-0.2, 0) is 9.53 Å². The van der Waals surface area contributed by atoms with Gasteiger partial charge >= 0.3 is 0 Å². The molecule has 1 rings (SSSR count). The van der Waals surface area contributed by atoms with Gasteiger partial charge in [0.25, 0.3) is 0 Å². The van der Waals surface area contributed by atoms with Crippen molar-refractivity contribution in [3.8, 4) is 0 Å². The van der Waals surface area contributed by atoms with Gasteiger partial charge in [-0.15, -0.1) is 0 Å². The van der Waals surface area contributed by atoms with Crippen molar-refractivity contribution in [2.75, 3.05) is 25.1 Å². The van der Waals surface area contributed by atoms with Crippen LogP contribution in [0.1, 0.15) is 27.2 Å². The third-order valence-electron chi connectivity index (χ3n) is 2.76. The Kier molecular flexibility index (Phi) is 8.45. The van der Waals surface area contributed by atoms with Crippen LogP contribution in [0.15, 0.2) is 6.07 Å². The van der Waals surface area contributed by atoms with E-state index < -0.39 is 6.04 Å². The second-order valence-corrected chi connectivity index (χ2v) is 5.88. The van der Waals surface area contributed by atoms with Gasteiger partial charge < -0.3 is 15.4 Å². The summed E-state index contributed by atoms with van der Waals surface area (Å²) in [7, 11) is 0. The van der Waals surface area contributed by atoms with Gasteiger partial charge in [0.15, 0.2) is 0 Å². The molecule has 6 nitrogen and oxygen atoms in total. The van der Waals surface area contributed by atoms with Gasteiger partial charge in [-0.1, -0.05) is 25.4 Å². The molecule has 0 aliphatic rings. The van der Waals surface area contributed by atoms with Gasteiger partial charge in [0.05, 0.1) is 6.61 Å². The Balaban J connectivity index is 2.68. The summed E-state index contributed by atoms with van der Waals surface area (Å²) in [6.07, 6.45) is 0.652. The summed E-state index contributed by atoms with van der Waals surface area (Å²) >= 11 is 11.6. The van der Waals surface area contributed by atoms with Crippen LogP contribution in [0.25, 0.3) is 0 Å². The topological polar surface area (TPSA) is 76.1 Å². The van der Waals surface area contributed by atoms with Crippen LogP contribution >= 0.6 is 23.2 Å². The lowest BCUT2D eigenvalue weighted by atomic mass is 10.0. The molecule has 0 aromatic carbocycles. The van der Waals surface area contributed by atoms with E-state index in [-0.39, 0.29) is 16.3 Å². The maximum absolute atomic E-state index is 12.3. The monoisotopic (exact) mass is 348 g/mol. The first-order chi connectivity index (χ1) is 10.4. The van der Waals surface area contributed by atoms with Crippen molar-refractivity contribution >= 4 is 34.9 Å². The Hall–Kier alpha value is -1.11. The first-order valence-corrected chi connectivity index (χ1v) is 8.00. The molecule has 1 unspecified atom stereocenters. The highest BCUT2D eigenvalue weighted by molar-refractivity contribution is 6.32. The molecule has 2 N–H and O–H groups in total. The van der Waals surface area contributed by atoms with Crippen LogP contribution in [0.5, 0.6) is 0 Å². The average Bonchev–Trinajstić information content (AvgIpc) is 2.41. The third kappa shape index (κ3) is 7.24. The predicted molar refractivity (Wildman–Crippen MR) is 88.4 cm³/mol. The van der Waals surface area contributed by atoms with Gasteiger partial charge in [0, 0.05) is 19.2 Å². The molecule has 0 aliphatic heterocycles. The van der Waals surface area contributed by atoms with Crippen LogP contribution in [0.3, 0.4) is 0 Å². The van der Waals surface area contributed by atoms with Crippen LogP contribution in [0.2, 0.25) is 10.4 Å². The number of hydrogen-bond acceptors (Lipinski definition) is 5. The maximum atomic E-state index is 12.3. The molecule has 0 spiro atoms. The summed E-state index contributed by atoms with van der Waals surface area (Å²) in [6.45, 7) is 7.58. The lowest BCUT2D eigenvalue weighted by molar-refractivity contribution is -0.122. The highest BCUT2D eigenvalue weighted by Crippen LogP contribution is 2.17. The van der Waals surface area contributed by atoms with Crippen molar-refractivity contribution in [2.24, 2.45) is 5.92 Å². The molecule has 0 fully saturated rings. The van der Waals surface area contributed by atoms with E-state index in [1.54, 1.807) is 0 Å². The maximum Gasteiger partial charge on any atom is 0.242 e. The van der Waals surface area contributed by atoms with E-state index in [0.29, 0.717) is 37.9 Å². The van der Waals surface area contributed by atoms with E-state index in [1.165, 1.54) is 6.07 Å². The van der Waals surface area contributed by atoms with Gasteiger partial charge in [0.2, 0.25) is 11.2 Å². The first-order valence-electron chi connectivity index (χ1n) is 7.24.